The lowest BCUT2D eigenvalue weighted by molar-refractivity contribution is 0.462. The molecule has 1 aromatic heterocycles. The molecule has 1 aromatic carbocycles. The fourth-order valence-electron chi connectivity index (χ4n) is 2.76. The Bertz CT molecular complexity index is 675. The van der Waals surface area contributed by atoms with E-state index < -0.39 is 0 Å². The number of nitriles is 1. The van der Waals surface area contributed by atoms with Crippen LogP contribution in [0.2, 0.25) is 0 Å². The quantitative estimate of drug-likeness (QED) is 0.842. The second kappa shape index (κ2) is 6.90. The minimum absolute atomic E-state index is 0.412. The maximum atomic E-state index is 9.39. The van der Waals surface area contributed by atoms with Crippen LogP contribution in [0, 0.1) is 11.3 Å². The molecule has 1 heterocycles. The van der Waals surface area contributed by atoms with Gasteiger partial charge in [-0.25, -0.2) is 4.99 Å². The molecule has 1 aliphatic rings. The number of rotatable bonds is 4. The van der Waals surface area contributed by atoms with E-state index in [1.54, 1.807) is 6.21 Å². The van der Waals surface area contributed by atoms with E-state index in [2.05, 4.69) is 26.6 Å². The van der Waals surface area contributed by atoms with E-state index in [0.717, 1.165) is 18.4 Å². The number of nitrogens with zero attached hydrogens (tertiary/aromatic N) is 3. The van der Waals surface area contributed by atoms with Crippen molar-refractivity contribution in [3.63, 3.8) is 0 Å². The van der Waals surface area contributed by atoms with Crippen LogP contribution in [-0.2, 0) is 0 Å². The van der Waals surface area contributed by atoms with Crippen molar-refractivity contribution in [3.8, 4) is 6.07 Å². The van der Waals surface area contributed by atoms with Crippen LogP contribution in [0.25, 0.3) is 0 Å². The van der Waals surface area contributed by atoms with Gasteiger partial charge in [-0.3, -0.25) is 5.10 Å². The van der Waals surface area contributed by atoms with Crippen molar-refractivity contribution < 1.29 is 0 Å². The van der Waals surface area contributed by atoms with Gasteiger partial charge in [0.25, 0.3) is 0 Å². The van der Waals surface area contributed by atoms with Crippen LogP contribution in [0.4, 0.5) is 11.6 Å². The largest absolute Gasteiger partial charge is 0.365 e. The molecule has 0 aliphatic heterocycles. The van der Waals surface area contributed by atoms with Crippen LogP contribution in [-0.4, -0.2) is 22.5 Å². The maximum absolute atomic E-state index is 9.39. The van der Waals surface area contributed by atoms with Crippen LogP contribution in [0.3, 0.4) is 0 Å². The minimum Gasteiger partial charge on any atom is -0.365 e. The first-order chi connectivity index (χ1) is 10.9. The predicted octanol–water partition coefficient (Wildman–Crippen LogP) is 3.78. The van der Waals surface area contributed by atoms with E-state index in [1.807, 2.05) is 30.3 Å². The molecule has 0 spiro atoms. The van der Waals surface area contributed by atoms with E-state index >= 15 is 0 Å². The first-order valence-electron chi connectivity index (χ1n) is 7.71. The summed E-state index contributed by atoms with van der Waals surface area (Å²) in [4.78, 5) is 4.36. The number of hydrogen-bond donors (Lipinski definition) is 2. The van der Waals surface area contributed by atoms with Crippen molar-refractivity contribution in [3.05, 3.63) is 41.5 Å². The highest BCUT2D eigenvalue weighted by atomic mass is 15.2. The van der Waals surface area contributed by atoms with Gasteiger partial charge in [-0.15, -0.1) is 0 Å². The van der Waals surface area contributed by atoms with Crippen molar-refractivity contribution in [1.82, 2.24) is 10.2 Å². The second-order valence-electron chi connectivity index (χ2n) is 5.56. The third-order valence-corrected chi connectivity index (χ3v) is 3.95. The van der Waals surface area contributed by atoms with Gasteiger partial charge in [-0.2, -0.15) is 10.4 Å². The summed E-state index contributed by atoms with van der Waals surface area (Å²) in [7, 11) is 0. The lowest BCUT2D eigenvalue weighted by Crippen LogP contribution is -2.22. The fraction of sp³-hybridized carbons (Fsp3) is 0.353. The number of anilines is 1. The van der Waals surface area contributed by atoms with Crippen LogP contribution in [0.15, 0.2) is 35.3 Å². The summed E-state index contributed by atoms with van der Waals surface area (Å²) in [6.45, 7) is 0. The highest BCUT2D eigenvalue weighted by molar-refractivity contribution is 5.82. The van der Waals surface area contributed by atoms with Crippen molar-refractivity contribution in [1.29, 1.82) is 5.26 Å². The van der Waals surface area contributed by atoms with Crippen LogP contribution in [0.5, 0.6) is 0 Å². The average molecular weight is 293 g/mol. The SMILES string of the molecule is N#Cc1c(NC2CCCCC2)n[nH]c1/N=C/c1ccccc1. The molecule has 22 heavy (non-hydrogen) atoms. The Kier molecular flexibility index (Phi) is 4.50. The number of aromatic amines is 1. The fourth-order valence-corrected chi connectivity index (χ4v) is 2.76. The molecule has 0 unspecified atom stereocenters. The molecule has 1 aliphatic carbocycles. The summed E-state index contributed by atoms with van der Waals surface area (Å²) in [6.07, 6.45) is 7.79. The van der Waals surface area contributed by atoms with Crippen molar-refractivity contribution in [2.24, 2.45) is 4.99 Å². The van der Waals surface area contributed by atoms with E-state index in [-0.39, 0.29) is 0 Å². The Labute approximate surface area is 130 Å². The van der Waals surface area contributed by atoms with Gasteiger partial charge in [0.1, 0.15) is 11.6 Å². The molecule has 0 bridgehead atoms. The molecule has 0 radical (unpaired) electrons. The molecule has 2 aromatic rings. The number of hydrogen-bond acceptors (Lipinski definition) is 4. The third kappa shape index (κ3) is 3.34. The van der Waals surface area contributed by atoms with E-state index in [1.165, 1.54) is 19.3 Å². The van der Waals surface area contributed by atoms with Crippen molar-refractivity contribution >= 4 is 17.9 Å². The molecule has 1 fully saturated rings. The van der Waals surface area contributed by atoms with Crippen molar-refractivity contribution in [2.45, 2.75) is 38.1 Å². The van der Waals surface area contributed by atoms with Crippen LogP contribution in [0.1, 0.15) is 43.2 Å². The molecule has 112 valence electrons. The number of aromatic nitrogens is 2. The molecule has 0 amide bonds. The number of benzene rings is 1. The molecule has 5 heteroatoms. The zero-order chi connectivity index (χ0) is 15.2. The average Bonchev–Trinajstić information content (AvgIpc) is 2.96. The van der Waals surface area contributed by atoms with E-state index in [0.29, 0.717) is 23.2 Å². The monoisotopic (exact) mass is 293 g/mol. The maximum Gasteiger partial charge on any atom is 0.168 e. The second-order valence-corrected chi connectivity index (χ2v) is 5.56. The van der Waals surface area contributed by atoms with Crippen molar-refractivity contribution in [2.75, 3.05) is 5.32 Å². The highest BCUT2D eigenvalue weighted by Crippen LogP contribution is 2.26. The molecular weight excluding hydrogens is 274 g/mol. The number of H-pyrrole nitrogens is 1. The van der Waals surface area contributed by atoms with Gasteiger partial charge in [-0.1, -0.05) is 49.6 Å². The summed E-state index contributed by atoms with van der Waals surface area (Å²) in [6, 6.07) is 12.4. The first kappa shape index (κ1) is 14.3. The standard InChI is InChI=1S/C17H19N5/c18-11-15-16(19-12-13-7-3-1-4-8-13)21-22-17(15)20-14-9-5-2-6-10-14/h1,3-4,7-8,12,14H,2,5-6,9-10H2,(H2,20,21,22)/b19-12+. The van der Waals surface area contributed by atoms with Gasteiger partial charge in [0.15, 0.2) is 11.6 Å². The van der Waals surface area contributed by atoms with Crippen LogP contribution < -0.4 is 5.32 Å². The molecular formula is C17H19N5. The molecule has 0 atom stereocenters. The Morgan fingerprint density at radius 2 is 2.00 bits per heavy atom. The zero-order valence-electron chi connectivity index (χ0n) is 12.4. The Morgan fingerprint density at radius 3 is 2.73 bits per heavy atom. The van der Waals surface area contributed by atoms with E-state index in [9.17, 15) is 5.26 Å². The van der Waals surface area contributed by atoms with Gasteiger partial charge in [0.2, 0.25) is 0 Å². The lowest BCUT2D eigenvalue weighted by atomic mass is 9.95. The zero-order valence-corrected chi connectivity index (χ0v) is 12.4. The van der Waals surface area contributed by atoms with Crippen LogP contribution >= 0.6 is 0 Å². The van der Waals surface area contributed by atoms with E-state index in [4.69, 9.17) is 0 Å². The summed E-state index contributed by atoms with van der Waals surface area (Å²) >= 11 is 0. The van der Waals surface area contributed by atoms with Gasteiger partial charge in [0, 0.05) is 12.3 Å². The van der Waals surface area contributed by atoms with Gasteiger partial charge in [0.05, 0.1) is 0 Å². The number of aliphatic imine (C=N–C) groups is 1. The molecule has 3 rings (SSSR count). The smallest absolute Gasteiger partial charge is 0.168 e. The molecule has 2 N–H and O–H groups in total. The Hall–Kier alpha value is -2.61. The van der Waals surface area contributed by atoms with Gasteiger partial charge < -0.3 is 5.32 Å². The summed E-state index contributed by atoms with van der Waals surface area (Å²) in [5.74, 6) is 1.12. The normalized spacial score (nSPS) is 15.8. The number of nitrogens with one attached hydrogen (secondary N) is 2. The van der Waals surface area contributed by atoms with Gasteiger partial charge in [-0.05, 0) is 18.4 Å². The topological polar surface area (TPSA) is 76.9 Å². The molecule has 1 saturated carbocycles. The molecule has 0 saturated heterocycles. The van der Waals surface area contributed by atoms with Gasteiger partial charge >= 0.3 is 0 Å². The molecule has 5 nitrogen and oxygen atoms in total. The first-order valence-corrected chi connectivity index (χ1v) is 7.71. The minimum atomic E-state index is 0.412. The Balaban J connectivity index is 1.75. The summed E-state index contributed by atoms with van der Waals surface area (Å²) in [5.41, 5.74) is 1.47. The lowest BCUT2D eigenvalue weighted by Gasteiger charge is -2.22. The third-order valence-electron chi connectivity index (χ3n) is 3.95. The predicted molar refractivity (Wildman–Crippen MR) is 87.5 cm³/mol. The Morgan fingerprint density at radius 1 is 1.23 bits per heavy atom. The summed E-state index contributed by atoms with van der Waals surface area (Å²) < 4.78 is 0. The summed E-state index contributed by atoms with van der Waals surface area (Å²) in [5, 5.41) is 19.8. The highest BCUT2D eigenvalue weighted by Gasteiger charge is 2.18.